The lowest BCUT2D eigenvalue weighted by atomic mass is 10.2. The van der Waals surface area contributed by atoms with E-state index in [0.29, 0.717) is 25.4 Å². The second-order valence-electron chi connectivity index (χ2n) is 5.50. The van der Waals surface area contributed by atoms with E-state index in [2.05, 4.69) is 40.0 Å². The van der Waals surface area contributed by atoms with Gasteiger partial charge in [0.2, 0.25) is 5.91 Å². The fraction of sp³-hybridized carbons (Fsp3) is 0.529. The van der Waals surface area contributed by atoms with Crippen LogP contribution >= 0.6 is 46.1 Å². The molecule has 0 unspecified atom stereocenters. The van der Waals surface area contributed by atoms with Gasteiger partial charge in [0.25, 0.3) is 0 Å². The highest BCUT2D eigenvalue weighted by atomic mass is 127. The Bertz CT molecular complexity index is 635. The highest BCUT2D eigenvalue weighted by Gasteiger charge is 2.32. The first kappa shape index (κ1) is 20.7. The lowest BCUT2D eigenvalue weighted by Crippen LogP contribution is -2.26. The Morgan fingerprint density at radius 2 is 2.00 bits per heavy atom. The molecule has 2 rings (SSSR count). The minimum absolute atomic E-state index is 0.0315. The number of amides is 1. The standard InChI is InChI=1S/C17H23IN2O3S2/c1-4-22-14-9-12(8-13(18)16(14)23-5-2)11-19-20-15(21)10-17(3)24-6-7-25-17/h8-9,11H,4-7,10H2,1-3H3,(H,20,21). The van der Waals surface area contributed by atoms with E-state index in [1.165, 1.54) is 0 Å². The number of nitrogens with zero attached hydrogens (tertiary/aromatic N) is 1. The van der Waals surface area contributed by atoms with Crippen molar-refractivity contribution in [3.05, 3.63) is 21.3 Å². The van der Waals surface area contributed by atoms with Gasteiger partial charge in [-0.05, 0) is 61.1 Å². The molecule has 138 valence electrons. The van der Waals surface area contributed by atoms with E-state index in [4.69, 9.17) is 9.47 Å². The number of ether oxygens (including phenoxy) is 2. The predicted molar refractivity (Wildman–Crippen MR) is 115 cm³/mol. The van der Waals surface area contributed by atoms with Gasteiger partial charge in [-0.15, -0.1) is 23.5 Å². The van der Waals surface area contributed by atoms with E-state index in [9.17, 15) is 4.79 Å². The Kier molecular flexibility index (Phi) is 8.21. The van der Waals surface area contributed by atoms with Crippen LogP contribution in [0.1, 0.15) is 32.8 Å². The number of hydrogen-bond donors (Lipinski definition) is 1. The van der Waals surface area contributed by atoms with Gasteiger partial charge in [-0.2, -0.15) is 5.10 Å². The van der Waals surface area contributed by atoms with Gasteiger partial charge in [0.1, 0.15) is 0 Å². The molecule has 0 aliphatic carbocycles. The third-order valence-electron chi connectivity index (χ3n) is 3.40. The van der Waals surface area contributed by atoms with Crippen LogP contribution in [0.3, 0.4) is 0 Å². The van der Waals surface area contributed by atoms with Crippen molar-refractivity contribution in [2.45, 2.75) is 31.3 Å². The number of halogens is 1. The number of carbonyl (C=O) groups excluding carboxylic acids is 1. The fourth-order valence-corrected chi connectivity index (χ4v) is 5.99. The number of thioether (sulfide) groups is 2. The van der Waals surface area contributed by atoms with Crippen LogP contribution in [0.15, 0.2) is 17.2 Å². The van der Waals surface area contributed by atoms with Crippen LogP contribution < -0.4 is 14.9 Å². The summed E-state index contributed by atoms with van der Waals surface area (Å²) in [6.45, 7) is 7.12. The molecular weight excluding hydrogens is 471 g/mol. The van der Waals surface area contributed by atoms with Crippen molar-refractivity contribution < 1.29 is 14.3 Å². The molecule has 0 spiro atoms. The van der Waals surface area contributed by atoms with Crippen molar-refractivity contribution in [2.24, 2.45) is 5.10 Å². The molecule has 0 bridgehead atoms. The molecule has 0 atom stereocenters. The first-order valence-electron chi connectivity index (χ1n) is 8.16. The smallest absolute Gasteiger partial charge is 0.242 e. The molecule has 1 amide bonds. The molecule has 1 aromatic carbocycles. The zero-order chi connectivity index (χ0) is 18.3. The number of hydrazone groups is 1. The van der Waals surface area contributed by atoms with Crippen LogP contribution in [0.2, 0.25) is 0 Å². The average molecular weight is 494 g/mol. The maximum atomic E-state index is 12.1. The lowest BCUT2D eigenvalue weighted by molar-refractivity contribution is -0.121. The summed E-state index contributed by atoms with van der Waals surface area (Å²) < 4.78 is 12.2. The topological polar surface area (TPSA) is 59.9 Å². The van der Waals surface area contributed by atoms with E-state index in [1.807, 2.05) is 49.5 Å². The highest BCUT2D eigenvalue weighted by molar-refractivity contribution is 14.1. The van der Waals surface area contributed by atoms with Crippen LogP contribution in [0.25, 0.3) is 0 Å². The summed E-state index contributed by atoms with van der Waals surface area (Å²) in [6.07, 6.45) is 2.10. The predicted octanol–water partition coefficient (Wildman–Crippen LogP) is 4.13. The third kappa shape index (κ3) is 6.25. The largest absolute Gasteiger partial charge is 0.490 e. The first-order chi connectivity index (χ1) is 12.0. The summed E-state index contributed by atoms with van der Waals surface area (Å²) in [6, 6.07) is 3.82. The quantitative estimate of drug-likeness (QED) is 0.335. The van der Waals surface area contributed by atoms with Gasteiger partial charge >= 0.3 is 0 Å². The summed E-state index contributed by atoms with van der Waals surface area (Å²) >= 11 is 5.89. The molecule has 0 saturated carbocycles. The van der Waals surface area contributed by atoms with Gasteiger partial charge in [0, 0.05) is 11.5 Å². The van der Waals surface area contributed by atoms with Gasteiger partial charge < -0.3 is 9.47 Å². The van der Waals surface area contributed by atoms with Crippen molar-refractivity contribution in [2.75, 3.05) is 24.7 Å². The summed E-state index contributed by atoms with van der Waals surface area (Å²) in [7, 11) is 0. The third-order valence-corrected chi connectivity index (χ3v) is 7.50. The number of benzene rings is 1. The maximum absolute atomic E-state index is 12.1. The molecule has 1 aliphatic rings. The SMILES string of the molecule is CCOc1cc(C=NNC(=O)CC2(C)SCCS2)cc(I)c1OCC. The first-order valence-corrected chi connectivity index (χ1v) is 11.2. The molecular formula is C17H23IN2O3S2. The number of rotatable bonds is 8. The molecule has 25 heavy (non-hydrogen) atoms. The van der Waals surface area contributed by atoms with Crippen LogP contribution in [0.4, 0.5) is 0 Å². The van der Waals surface area contributed by atoms with Crippen molar-refractivity contribution in [3.8, 4) is 11.5 Å². The Balaban J connectivity index is 2.01. The van der Waals surface area contributed by atoms with Crippen LogP contribution in [-0.4, -0.2) is 40.9 Å². The van der Waals surface area contributed by atoms with Gasteiger partial charge in [-0.1, -0.05) is 0 Å². The van der Waals surface area contributed by atoms with Crippen molar-refractivity contribution in [1.29, 1.82) is 0 Å². The average Bonchev–Trinajstić information content (AvgIpc) is 2.97. The van der Waals surface area contributed by atoms with E-state index < -0.39 is 0 Å². The van der Waals surface area contributed by atoms with Crippen LogP contribution in [0.5, 0.6) is 11.5 Å². The molecule has 1 N–H and O–H groups in total. The molecule has 5 nitrogen and oxygen atoms in total. The Morgan fingerprint density at radius 1 is 1.32 bits per heavy atom. The molecule has 1 aromatic rings. The normalized spacial score (nSPS) is 16.2. The molecule has 1 aliphatic heterocycles. The minimum atomic E-state index is -0.0636. The van der Waals surface area contributed by atoms with Gasteiger partial charge in [-0.3, -0.25) is 4.79 Å². The number of nitrogens with one attached hydrogen (secondary N) is 1. The fourth-order valence-electron chi connectivity index (χ4n) is 2.38. The van der Waals surface area contributed by atoms with E-state index in [1.54, 1.807) is 6.21 Å². The molecule has 1 fully saturated rings. The highest BCUT2D eigenvalue weighted by Crippen LogP contribution is 2.45. The van der Waals surface area contributed by atoms with Gasteiger partial charge in [-0.25, -0.2) is 5.43 Å². The second-order valence-corrected chi connectivity index (χ2v) is 10.1. The molecule has 0 aromatic heterocycles. The summed E-state index contributed by atoms with van der Waals surface area (Å²) in [5.74, 6) is 3.57. The van der Waals surface area contributed by atoms with E-state index >= 15 is 0 Å². The van der Waals surface area contributed by atoms with Gasteiger partial charge in [0.05, 0.1) is 33.5 Å². The Hall–Kier alpha value is -0.610. The van der Waals surface area contributed by atoms with Crippen molar-refractivity contribution in [1.82, 2.24) is 5.43 Å². The second kappa shape index (κ2) is 9.91. The van der Waals surface area contributed by atoms with Crippen molar-refractivity contribution >= 4 is 58.2 Å². The van der Waals surface area contributed by atoms with Crippen LogP contribution in [-0.2, 0) is 4.79 Å². The minimum Gasteiger partial charge on any atom is -0.490 e. The molecule has 1 saturated heterocycles. The molecule has 1 heterocycles. The zero-order valence-corrected chi connectivity index (χ0v) is 18.4. The summed E-state index contributed by atoms with van der Waals surface area (Å²) in [5.41, 5.74) is 3.48. The van der Waals surface area contributed by atoms with Crippen LogP contribution in [0, 0.1) is 3.57 Å². The summed E-state index contributed by atoms with van der Waals surface area (Å²) in [5, 5.41) is 4.09. The van der Waals surface area contributed by atoms with Crippen molar-refractivity contribution in [3.63, 3.8) is 0 Å². The maximum Gasteiger partial charge on any atom is 0.242 e. The molecule has 0 radical (unpaired) electrons. The zero-order valence-electron chi connectivity index (χ0n) is 14.6. The monoisotopic (exact) mass is 494 g/mol. The summed E-state index contributed by atoms with van der Waals surface area (Å²) in [4.78, 5) is 12.1. The van der Waals surface area contributed by atoms with E-state index in [-0.39, 0.29) is 9.99 Å². The lowest BCUT2D eigenvalue weighted by Gasteiger charge is -2.19. The van der Waals surface area contributed by atoms with E-state index in [0.717, 1.165) is 26.4 Å². The number of carbonyl (C=O) groups is 1. The number of hydrogen-bond acceptors (Lipinski definition) is 6. The molecule has 8 heteroatoms. The Morgan fingerprint density at radius 3 is 2.64 bits per heavy atom. The van der Waals surface area contributed by atoms with Gasteiger partial charge in [0.15, 0.2) is 11.5 Å². The Labute approximate surface area is 171 Å².